The maximum atomic E-state index is 13.3. The van der Waals surface area contributed by atoms with E-state index in [4.69, 9.17) is 8.92 Å². The molecule has 170 valence electrons. The first-order valence-corrected chi connectivity index (χ1v) is 12.0. The molecule has 2 N–H and O–H groups in total. The summed E-state index contributed by atoms with van der Waals surface area (Å²) in [5, 5.41) is 11.0. The van der Waals surface area contributed by atoms with Gasteiger partial charge in [0, 0.05) is 35.8 Å². The number of aryl methyl sites for hydroxylation is 1. The largest absolute Gasteiger partial charge is 0.367 e. The molecule has 0 amide bonds. The van der Waals surface area contributed by atoms with Crippen LogP contribution in [-0.4, -0.2) is 57.2 Å². The third-order valence-electron chi connectivity index (χ3n) is 7.64. The number of allylic oxidation sites excluding steroid dienone is 2. The van der Waals surface area contributed by atoms with Gasteiger partial charge < -0.3 is 14.7 Å². The number of aliphatic hydroxyl groups is 1. The third-order valence-corrected chi connectivity index (χ3v) is 9.62. The summed E-state index contributed by atoms with van der Waals surface area (Å²) in [7, 11) is -4.14. The lowest BCUT2D eigenvalue weighted by Crippen LogP contribution is -2.67. The normalized spacial score (nSPS) is 42.4. The highest BCUT2D eigenvalue weighted by atomic mass is 32.2. The molecule has 4 aliphatic rings. The van der Waals surface area contributed by atoms with Gasteiger partial charge in [-0.2, -0.15) is 8.42 Å². The molecule has 3 saturated heterocycles. The molecular formula is C20H27N3O7S. The Hall–Kier alpha value is -1.95. The highest BCUT2D eigenvalue weighted by Crippen LogP contribution is 2.65. The molecule has 0 radical (unpaired) electrons. The van der Waals surface area contributed by atoms with Crippen molar-refractivity contribution in [3.05, 3.63) is 44.4 Å². The van der Waals surface area contributed by atoms with E-state index in [0.717, 1.165) is 5.70 Å². The summed E-state index contributed by atoms with van der Waals surface area (Å²) in [5.74, 6) is 0. The zero-order valence-electron chi connectivity index (χ0n) is 17.9. The molecule has 5 rings (SSSR count). The summed E-state index contributed by atoms with van der Waals surface area (Å²) >= 11 is 0. The summed E-state index contributed by atoms with van der Waals surface area (Å²) in [6.07, 6.45) is 2.77. The van der Waals surface area contributed by atoms with E-state index in [1.54, 1.807) is 11.8 Å². The van der Waals surface area contributed by atoms with Gasteiger partial charge in [-0.15, -0.1) is 0 Å². The molecule has 5 heterocycles. The van der Waals surface area contributed by atoms with Gasteiger partial charge in [0.15, 0.2) is 11.3 Å². The molecule has 0 bridgehead atoms. The second-order valence-electron chi connectivity index (χ2n) is 9.29. The van der Waals surface area contributed by atoms with Gasteiger partial charge in [0.2, 0.25) is 0 Å². The van der Waals surface area contributed by atoms with Crippen molar-refractivity contribution < 1.29 is 22.4 Å². The van der Waals surface area contributed by atoms with Crippen LogP contribution in [-0.2, 0) is 19.0 Å². The number of H-pyrrole nitrogens is 1. The molecule has 11 heteroatoms. The van der Waals surface area contributed by atoms with Crippen LogP contribution in [0.3, 0.4) is 0 Å². The number of ether oxygens (including phenoxy) is 1. The van der Waals surface area contributed by atoms with Crippen LogP contribution in [0.15, 0.2) is 27.6 Å². The molecule has 31 heavy (non-hydrogen) atoms. The Morgan fingerprint density at radius 2 is 2.03 bits per heavy atom. The number of rotatable bonds is 3. The first kappa shape index (κ1) is 20.9. The van der Waals surface area contributed by atoms with Crippen LogP contribution in [0.25, 0.3) is 0 Å². The number of nitrogens with one attached hydrogen (secondary N) is 1. The fraction of sp³-hybridized carbons (Fsp3) is 0.700. The van der Waals surface area contributed by atoms with E-state index in [1.165, 1.54) is 10.8 Å². The predicted octanol–water partition coefficient (Wildman–Crippen LogP) is 0.328. The van der Waals surface area contributed by atoms with E-state index in [-0.39, 0.29) is 13.0 Å². The minimum absolute atomic E-state index is 0.0391. The van der Waals surface area contributed by atoms with Crippen molar-refractivity contribution in [2.45, 2.75) is 75.9 Å². The Kier molecular flexibility index (Phi) is 4.11. The number of hydrogen-bond acceptors (Lipinski definition) is 8. The minimum Gasteiger partial charge on any atom is -0.367 e. The van der Waals surface area contributed by atoms with Crippen LogP contribution in [0.2, 0.25) is 0 Å². The summed E-state index contributed by atoms with van der Waals surface area (Å²) < 4.78 is 39.7. The Labute approximate surface area is 179 Å². The third kappa shape index (κ3) is 2.35. The van der Waals surface area contributed by atoms with Crippen LogP contribution in [0.4, 0.5) is 0 Å². The van der Waals surface area contributed by atoms with Crippen molar-refractivity contribution in [3.63, 3.8) is 0 Å². The molecule has 6 atom stereocenters. The molecule has 0 aromatic carbocycles. The van der Waals surface area contributed by atoms with E-state index < -0.39 is 55.7 Å². The van der Waals surface area contributed by atoms with Gasteiger partial charge in [0.05, 0.1) is 0 Å². The highest BCUT2D eigenvalue weighted by molar-refractivity contribution is 7.87. The maximum absolute atomic E-state index is 13.3. The van der Waals surface area contributed by atoms with Crippen molar-refractivity contribution in [1.82, 2.24) is 14.5 Å². The fourth-order valence-electron chi connectivity index (χ4n) is 6.02. The Morgan fingerprint density at radius 1 is 1.32 bits per heavy atom. The molecule has 1 spiro atoms. The van der Waals surface area contributed by atoms with Gasteiger partial charge in [-0.25, -0.2) is 4.79 Å². The van der Waals surface area contributed by atoms with E-state index >= 15 is 0 Å². The van der Waals surface area contributed by atoms with Gasteiger partial charge in [-0.1, -0.05) is 26.8 Å². The Balaban J connectivity index is 1.67. The molecule has 1 aromatic rings. The first-order chi connectivity index (χ1) is 14.4. The van der Waals surface area contributed by atoms with Gasteiger partial charge in [-0.3, -0.25) is 18.5 Å². The smallest absolute Gasteiger partial charge is 0.330 e. The van der Waals surface area contributed by atoms with Crippen molar-refractivity contribution in [2.24, 2.45) is 5.41 Å². The predicted molar refractivity (Wildman–Crippen MR) is 110 cm³/mol. The molecule has 0 aliphatic carbocycles. The molecule has 10 nitrogen and oxygen atoms in total. The topological polar surface area (TPSA) is 131 Å². The first-order valence-electron chi connectivity index (χ1n) is 10.6. The van der Waals surface area contributed by atoms with Gasteiger partial charge >= 0.3 is 5.69 Å². The average molecular weight is 454 g/mol. The summed E-state index contributed by atoms with van der Waals surface area (Å²) in [5.41, 5.74) is -4.16. The van der Waals surface area contributed by atoms with Crippen molar-refractivity contribution in [1.29, 1.82) is 0 Å². The summed E-state index contributed by atoms with van der Waals surface area (Å²) in [4.78, 5) is 28.2. The zero-order valence-corrected chi connectivity index (χ0v) is 18.7. The summed E-state index contributed by atoms with van der Waals surface area (Å²) in [6.45, 7) is 7.50. The zero-order chi connectivity index (χ0) is 22.6. The van der Waals surface area contributed by atoms with Gasteiger partial charge in [0.1, 0.15) is 17.6 Å². The molecule has 0 saturated carbocycles. The van der Waals surface area contributed by atoms with Crippen LogP contribution < -0.4 is 11.2 Å². The van der Waals surface area contributed by atoms with Gasteiger partial charge in [-0.05, 0) is 19.8 Å². The van der Waals surface area contributed by atoms with Crippen LogP contribution >= 0.6 is 0 Å². The molecule has 4 aliphatic heterocycles. The standard InChI is InChI=1S/C20H27N3O7S/c1-5-12-7-18(4,6-2)16-20(26)19(30-31(16,27)28)8-14(29-13(19)10-23(12)20)22-9-11(3)15(24)21-17(22)25/h7,9,13-14,16,26H,5-6,8,10H2,1-4H3,(H,21,24,25)/t13-,14-,16-,18-,19+,20-/m1/s1. The van der Waals surface area contributed by atoms with Gasteiger partial charge in [0.25, 0.3) is 15.7 Å². The molecule has 0 unspecified atom stereocenters. The SMILES string of the molecule is CCC1=C[C@@](C)(CC)[C@@H]2[C@]3(O)N1C[C@H]1O[C@@H](n4cc(C)c(=O)[nH]c4=O)C[C@]13OS2(=O)=O. The molecule has 3 fully saturated rings. The number of nitrogens with zero attached hydrogens (tertiary/aromatic N) is 2. The lowest BCUT2D eigenvalue weighted by molar-refractivity contribution is -0.169. The second-order valence-corrected chi connectivity index (χ2v) is 10.9. The molecule has 1 aromatic heterocycles. The van der Waals surface area contributed by atoms with Crippen LogP contribution in [0, 0.1) is 12.3 Å². The van der Waals surface area contributed by atoms with E-state index in [0.29, 0.717) is 18.4 Å². The Bertz CT molecular complexity index is 1220. The average Bonchev–Trinajstić information content (AvgIpc) is 3.21. The van der Waals surface area contributed by atoms with Crippen LogP contribution in [0.1, 0.15) is 51.8 Å². The number of aromatic amines is 1. The van der Waals surface area contributed by atoms with E-state index in [1.807, 2.05) is 26.8 Å². The van der Waals surface area contributed by atoms with Crippen molar-refractivity contribution in [2.75, 3.05) is 6.54 Å². The van der Waals surface area contributed by atoms with Crippen molar-refractivity contribution in [3.8, 4) is 0 Å². The number of hydrogen-bond donors (Lipinski definition) is 2. The summed E-state index contributed by atoms with van der Waals surface area (Å²) in [6, 6.07) is 0. The Morgan fingerprint density at radius 3 is 2.68 bits per heavy atom. The maximum Gasteiger partial charge on any atom is 0.330 e. The second kappa shape index (κ2) is 6.09. The lowest BCUT2D eigenvalue weighted by Gasteiger charge is -2.50. The molecular weight excluding hydrogens is 426 g/mol. The van der Waals surface area contributed by atoms with Crippen LogP contribution in [0.5, 0.6) is 0 Å². The highest BCUT2D eigenvalue weighted by Gasteiger charge is 2.83. The quantitative estimate of drug-likeness (QED) is 0.626. The fourth-order valence-corrected chi connectivity index (χ4v) is 8.46. The lowest BCUT2D eigenvalue weighted by atomic mass is 9.70. The van der Waals surface area contributed by atoms with Crippen molar-refractivity contribution >= 4 is 10.1 Å². The monoisotopic (exact) mass is 453 g/mol. The van der Waals surface area contributed by atoms with E-state index in [9.17, 15) is 23.1 Å². The number of aromatic nitrogens is 2. The van der Waals surface area contributed by atoms with E-state index in [2.05, 4.69) is 4.98 Å². The minimum atomic E-state index is -4.14.